The van der Waals surface area contributed by atoms with E-state index in [1.807, 2.05) is 13.8 Å². The van der Waals surface area contributed by atoms with Crippen molar-refractivity contribution in [3.63, 3.8) is 0 Å². The fourth-order valence-corrected chi connectivity index (χ4v) is 3.49. The van der Waals surface area contributed by atoms with Crippen LogP contribution in [0.1, 0.15) is 31.7 Å². The maximum atomic E-state index is 12.3. The Morgan fingerprint density at radius 3 is 2.91 bits per heavy atom. The molecule has 0 saturated carbocycles. The number of carbonyl (C=O) groups is 1. The van der Waals surface area contributed by atoms with Gasteiger partial charge in [-0.25, -0.2) is 0 Å². The van der Waals surface area contributed by atoms with Crippen LogP contribution in [-0.2, 0) is 11.2 Å². The van der Waals surface area contributed by atoms with Gasteiger partial charge in [0, 0.05) is 6.42 Å². The van der Waals surface area contributed by atoms with Crippen molar-refractivity contribution in [2.75, 3.05) is 5.32 Å². The summed E-state index contributed by atoms with van der Waals surface area (Å²) < 4.78 is 0. The van der Waals surface area contributed by atoms with Gasteiger partial charge in [0.2, 0.25) is 16.9 Å². The Kier molecular flexibility index (Phi) is 6.11. The number of aromatic hydroxyl groups is 1. The van der Waals surface area contributed by atoms with Crippen LogP contribution in [0.25, 0.3) is 0 Å². The van der Waals surface area contributed by atoms with Crippen LogP contribution in [0.4, 0.5) is 5.13 Å². The summed E-state index contributed by atoms with van der Waals surface area (Å²) in [4.78, 5) is 29.9. The molecule has 8 nitrogen and oxygen atoms in total. The summed E-state index contributed by atoms with van der Waals surface area (Å²) in [6.07, 6.45) is 2.32. The quantitative estimate of drug-likeness (QED) is 0.511. The Bertz CT molecular complexity index is 730. The van der Waals surface area contributed by atoms with Gasteiger partial charge in [-0.1, -0.05) is 36.9 Å². The molecule has 0 bridgehead atoms. The van der Waals surface area contributed by atoms with Crippen LogP contribution in [0.2, 0.25) is 0 Å². The molecule has 2 rings (SSSR count). The molecular weight excluding hydrogens is 338 g/mol. The Hall–Kier alpha value is -1.94. The zero-order valence-electron chi connectivity index (χ0n) is 12.7. The molecule has 0 aliphatic heterocycles. The van der Waals surface area contributed by atoms with Gasteiger partial charge in [-0.3, -0.25) is 14.9 Å². The van der Waals surface area contributed by atoms with Gasteiger partial charge in [-0.05, 0) is 12.8 Å². The van der Waals surface area contributed by atoms with Crippen molar-refractivity contribution in [2.45, 2.75) is 43.5 Å². The van der Waals surface area contributed by atoms with E-state index in [9.17, 15) is 14.7 Å². The predicted molar refractivity (Wildman–Crippen MR) is 89.0 cm³/mol. The lowest BCUT2D eigenvalue weighted by atomic mass is 10.3. The number of carbonyl (C=O) groups excluding carboxylic acids is 1. The summed E-state index contributed by atoms with van der Waals surface area (Å²) in [6, 6.07) is 0.974. The van der Waals surface area contributed by atoms with Crippen molar-refractivity contribution in [1.82, 2.24) is 20.2 Å². The highest BCUT2D eigenvalue weighted by Crippen LogP contribution is 2.24. The van der Waals surface area contributed by atoms with Gasteiger partial charge in [0.15, 0.2) is 5.16 Å². The summed E-state index contributed by atoms with van der Waals surface area (Å²) >= 11 is 2.43. The molecular formula is C13H17N5O3S2. The van der Waals surface area contributed by atoms with Crippen LogP contribution >= 0.6 is 23.1 Å². The Morgan fingerprint density at radius 1 is 1.48 bits per heavy atom. The minimum atomic E-state index is -0.474. The van der Waals surface area contributed by atoms with E-state index in [0.717, 1.165) is 35.7 Å². The number of nitrogens with zero attached hydrogens (tertiary/aromatic N) is 3. The first-order chi connectivity index (χ1) is 11.0. The fourth-order valence-electron chi connectivity index (χ4n) is 1.74. The first kappa shape index (κ1) is 17.4. The molecule has 0 radical (unpaired) electrons. The third-order valence-electron chi connectivity index (χ3n) is 2.78. The van der Waals surface area contributed by atoms with Gasteiger partial charge in [0.1, 0.15) is 5.01 Å². The molecule has 0 fully saturated rings. The second-order valence-corrected chi connectivity index (χ2v) is 6.92. The summed E-state index contributed by atoms with van der Waals surface area (Å²) in [7, 11) is 0. The summed E-state index contributed by atoms with van der Waals surface area (Å²) in [5.41, 5.74) is -0.469. The smallest absolute Gasteiger partial charge is 0.255 e. The molecule has 0 aromatic carbocycles. The second kappa shape index (κ2) is 8.06. The van der Waals surface area contributed by atoms with E-state index in [0.29, 0.717) is 11.6 Å². The maximum absolute atomic E-state index is 12.3. The van der Waals surface area contributed by atoms with Gasteiger partial charge in [0.25, 0.3) is 5.56 Å². The van der Waals surface area contributed by atoms with Crippen LogP contribution in [0.5, 0.6) is 5.88 Å². The third kappa shape index (κ3) is 5.03. The van der Waals surface area contributed by atoms with Crippen molar-refractivity contribution in [3.8, 4) is 5.88 Å². The summed E-state index contributed by atoms with van der Waals surface area (Å²) in [5.74, 6) is -0.623. The highest BCUT2D eigenvalue weighted by molar-refractivity contribution is 8.00. The van der Waals surface area contributed by atoms with Gasteiger partial charge in [-0.15, -0.1) is 10.2 Å². The number of nitrogens with one attached hydrogen (secondary N) is 2. The Morgan fingerprint density at radius 2 is 2.26 bits per heavy atom. The Balaban J connectivity index is 2.04. The number of H-pyrrole nitrogens is 1. The van der Waals surface area contributed by atoms with Gasteiger partial charge >= 0.3 is 0 Å². The van der Waals surface area contributed by atoms with E-state index in [1.54, 1.807) is 0 Å². The lowest BCUT2D eigenvalue weighted by Crippen LogP contribution is -2.25. The van der Waals surface area contributed by atoms with Crippen molar-refractivity contribution in [1.29, 1.82) is 0 Å². The molecule has 1 amide bonds. The number of hydrogen-bond donors (Lipinski definition) is 3. The third-order valence-corrected chi connectivity index (χ3v) is 4.93. The second-order valence-electron chi connectivity index (χ2n) is 4.66. The SMILES string of the molecule is CCCc1nnc(NC(=O)C(CC)Sc2nc(O)cc(=O)[nH]2)s1. The lowest BCUT2D eigenvalue weighted by molar-refractivity contribution is -0.115. The van der Waals surface area contributed by atoms with Crippen molar-refractivity contribution in [2.24, 2.45) is 0 Å². The number of thioether (sulfide) groups is 1. The van der Waals surface area contributed by atoms with Crippen molar-refractivity contribution in [3.05, 3.63) is 21.4 Å². The molecule has 0 aliphatic rings. The van der Waals surface area contributed by atoms with Crippen LogP contribution in [-0.4, -0.2) is 36.4 Å². The highest BCUT2D eigenvalue weighted by atomic mass is 32.2. The molecule has 2 aromatic heterocycles. The largest absolute Gasteiger partial charge is 0.493 e. The fraction of sp³-hybridized carbons (Fsp3) is 0.462. The van der Waals surface area contributed by atoms with Crippen LogP contribution in [0, 0.1) is 0 Å². The molecule has 23 heavy (non-hydrogen) atoms. The molecule has 0 spiro atoms. The molecule has 2 heterocycles. The first-order valence-corrected chi connectivity index (χ1v) is 8.81. The van der Waals surface area contributed by atoms with Crippen LogP contribution in [0.3, 0.4) is 0 Å². The number of amides is 1. The minimum Gasteiger partial charge on any atom is -0.493 e. The molecule has 0 saturated heterocycles. The van der Waals surface area contributed by atoms with E-state index in [4.69, 9.17) is 0 Å². The zero-order chi connectivity index (χ0) is 16.8. The van der Waals surface area contributed by atoms with Crippen molar-refractivity contribution < 1.29 is 9.90 Å². The van der Waals surface area contributed by atoms with E-state index < -0.39 is 10.8 Å². The zero-order valence-corrected chi connectivity index (χ0v) is 14.3. The number of hydrogen-bond acceptors (Lipinski definition) is 8. The van der Waals surface area contributed by atoms with E-state index in [1.165, 1.54) is 11.3 Å². The van der Waals surface area contributed by atoms with Gasteiger partial charge in [-0.2, -0.15) is 4.98 Å². The van der Waals surface area contributed by atoms with Crippen LogP contribution in [0.15, 0.2) is 16.0 Å². The number of aromatic nitrogens is 4. The molecule has 124 valence electrons. The average molecular weight is 355 g/mol. The lowest BCUT2D eigenvalue weighted by Gasteiger charge is -2.12. The van der Waals surface area contributed by atoms with Crippen LogP contribution < -0.4 is 10.9 Å². The minimum absolute atomic E-state index is 0.195. The summed E-state index contributed by atoms with van der Waals surface area (Å²) in [5, 5.41) is 21.1. The van der Waals surface area contributed by atoms with Gasteiger partial charge < -0.3 is 10.1 Å². The topological polar surface area (TPSA) is 121 Å². The monoisotopic (exact) mass is 355 g/mol. The highest BCUT2D eigenvalue weighted by Gasteiger charge is 2.21. The van der Waals surface area contributed by atoms with E-state index in [2.05, 4.69) is 25.5 Å². The molecule has 3 N–H and O–H groups in total. The number of aromatic amines is 1. The van der Waals surface area contributed by atoms with E-state index in [-0.39, 0.29) is 16.9 Å². The normalized spacial score (nSPS) is 12.1. The Labute approximate surface area is 140 Å². The number of rotatable bonds is 7. The maximum Gasteiger partial charge on any atom is 0.255 e. The number of anilines is 1. The first-order valence-electron chi connectivity index (χ1n) is 7.12. The number of aryl methyl sites for hydroxylation is 1. The molecule has 0 aliphatic carbocycles. The van der Waals surface area contributed by atoms with Gasteiger partial charge in [0.05, 0.1) is 11.3 Å². The molecule has 2 aromatic rings. The molecule has 1 unspecified atom stereocenters. The predicted octanol–water partition coefficient (Wildman–Crippen LogP) is 1.79. The molecule has 10 heteroatoms. The average Bonchev–Trinajstić information content (AvgIpc) is 2.91. The standard InChI is InChI=1S/C13H17N5O3S2/c1-3-5-10-17-18-13(23-10)16-11(21)7(4-2)22-12-14-8(19)6-9(20)15-12/h6-7H,3-5H2,1-2H3,(H,16,18,21)(H2,14,15,19,20). The van der Waals surface area contributed by atoms with E-state index >= 15 is 0 Å². The summed E-state index contributed by atoms with van der Waals surface area (Å²) in [6.45, 7) is 3.90. The van der Waals surface area contributed by atoms with Crippen molar-refractivity contribution >= 4 is 34.1 Å². The molecule has 1 atom stereocenters.